The van der Waals surface area contributed by atoms with Crippen LogP contribution in [0.1, 0.15) is 12.5 Å². The van der Waals surface area contributed by atoms with Crippen LogP contribution in [0.15, 0.2) is 29.4 Å². The molecule has 5 heteroatoms. The predicted molar refractivity (Wildman–Crippen MR) is 68.5 cm³/mol. The van der Waals surface area contributed by atoms with Crippen LogP contribution in [-0.2, 0) is 0 Å². The lowest BCUT2D eigenvalue weighted by Gasteiger charge is -2.02. The van der Waals surface area contributed by atoms with Gasteiger partial charge in [0.2, 0.25) is 0 Å². The lowest BCUT2D eigenvalue weighted by molar-refractivity contribution is 0.904. The van der Waals surface area contributed by atoms with Gasteiger partial charge in [0.25, 0.3) is 0 Å². The van der Waals surface area contributed by atoms with Crippen molar-refractivity contribution in [1.29, 1.82) is 0 Å². The summed E-state index contributed by atoms with van der Waals surface area (Å²) in [5, 5.41) is 8.04. The van der Waals surface area contributed by atoms with Crippen LogP contribution < -0.4 is 10.7 Å². The molecule has 0 aliphatic heterocycles. The Morgan fingerprint density at radius 1 is 1.53 bits per heavy atom. The Morgan fingerprint density at radius 3 is 2.93 bits per heavy atom. The zero-order valence-corrected chi connectivity index (χ0v) is 9.90. The highest BCUT2D eigenvalue weighted by molar-refractivity contribution is 7.80. The smallest absolute Gasteiger partial charge is 0.186 e. The molecule has 1 aromatic carbocycles. The van der Waals surface area contributed by atoms with E-state index in [1.807, 2.05) is 31.2 Å². The SMILES string of the molecule is CCNC(=S)N/N=C/c1ccccc1Cl. The molecule has 0 spiro atoms. The quantitative estimate of drug-likeness (QED) is 0.484. The van der Waals surface area contributed by atoms with Crippen LogP contribution in [0, 0.1) is 0 Å². The molecule has 0 bridgehead atoms. The monoisotopic (exact) mass is 241 g/mol. The zero-order valence-electron chi connectivity index (χ0n) is 8.33. The lowest BCUT2D eigenvalue weighted by Crippen LogP contribution is -2.31. The third-order valence-corrected chi connectivity index (χ3v) is 2.19. The average molecular weight is 242 g/mol. The zero-order chi connectivity index (χ0) is 11.1. The van der Waals surface area contributed by atoms with Crippen molar-refractivity contribution in [2.75, 3.05) is 6.54 Å². The van der Waals surface area contributed by atoms with E-state index in [4.69, 9.17) is 23.8 Å². The average Bonchev–Trinajstić information content (AvgIpc) is 2.21. The number of nitrogens with one attached hydrogen (secondary N) is 2. The molecule has 0 radical (unpaired) electrons. The van der Waals surface area contributed by atoms with Crippen molar-refractivity contribution in [2.45, 2.75) is 6.92 Å². The molecular formula is C10H12ClN3S. The van der Waals surface area contributed by atoms with Crippen LogP contribution in [-0.4, -0.2) is 17.9 Å². The number of thiocarbonyl (C=S) groups is 1. The molecule has 0 unspecified atom stereocenters. The van der Waals surface area contributed by atoms with Crippen molar-refractivity contribution < 1.29 is 0 Å². The fourth-order valence-corrected chi connectivity index (χ4v) is 1.32. The van der Waals surface area contributed by atoms with Crippen LogP contribution in [0.25, 0.3) is 0 Å². The van der Waals surface area contributed by atoms with Gasteiger partial charge in [-0.05, 0) is 25.2 Å². The van der Waals surface area contributed by atoms with Crippen LogP contribution in [0.4, 0.5) is 0 Å². The van der Waals surface area contributed by atoms with E-state index in [9.17, 15) is 0 Å². The molecule has 0 atom stereocenters. The Morgan fingerprint density at radius 2 is 2.27 bits per heavy atom. The first-order valence-electron chi connectivity index (χ1n) is 4.55. The Kier molecular flexibility index (Phi) is 5.07. The maximum Gasteiger partial charge on any atom is 0.186 e. The van der Waals surface area contributed by atoms with E-state index in [0.29, 0.717) is 10.1 Å². The van der Waals surface area contributed by atoms with E-state index >= 15 is 0 Å². The molecule has 1 rings (SSSR count). The molecule has 0 heterocycles. The topological polar surface area (TPSA) is 36.4 Å². The van der Waals surface area contributed by atoms with E-state index in [-0.39, 0.29) is 0 Å². The number of nitrogens with zero attached hydrogens (tertiary/aromatic N) is 1. The molecule has 0 aliphatic rings. The molecule has 0 fully saturated rings. The summed E-state index contributed by atoms with van der Waals surface area (Å²) in [7, 11) is 0. The predicted octanol–water partition coefficient (Wildman–Crippen LogP) is 2.16. The van der Waals surface area contributed by atoms with Crippen molar-refractivity contribution >= 4 is 35.1 Å². The van der Waals surface area contributed by atoms with E-state index in [2.05, 4.69) is 15.8 Å². The van der Waals surface area contributed by atoms with Crippen molar-refractivity contribution in [3.8, 4) is 0 Å². The third-order valence-electron chi connectivity index (χ3n) is 1.61. The highest BCUT2D eigenvalue weighted by Gasteiger charge is 1.94. The molecule has 15 heavy (non-hydrogen) atoms. The summed E-state index contributed by atoms with van der Waals surface area (Å²) in [4.78, 5) is 0. The first-order chi connectivity index (χ1) is 7.24. The molecule has 0 aliphatic carbocycles. The molecule has 80 valence electrons. The Balaban J connectivity index is 2.52. The van der Waals surface area contributed by atoms with Crippen molar-refractivity contribution in [2.24, 2.45) is 5.10 Å². The van der Waals surface area contributed by atoms with Gasteiger partial charge in [-0.15, -0.1) is 0 Å². The summed E-state index contributed by atoms with van der Waals surface area (Å²) >= 11 is 10.9. The molecule has 0 aromatic heterocycles. The van der Waals surface area contributed by atoms with Gasteiger partial charge in [-0.1, -0.05) is 29.8 Å². The van der Waals surface area contributed by atoms with Gasteiger partial charge in [-0.3, -0.25) is 5.43 Å². The van der Waals surface area contributed by atoms with Gasteiger partial charge < -0.3 is 5.32 Å². The number of hydrogen-bond acceptors (Lipinski definition) is 2. The molecule has 1 aromatic rings. The molecule has 2 N–H and O–H groups in total. The van der Waals surface area contributed by atoms with E-state index < -0.39 is 0 Å². The Labute approximate surface area is 99.5 Å². The highest BCUT2D eigenvalue weighted by atomic mass is 35.5. The second-order valence-corrected chi connectivity index (χ2v) is 3.57. The van der Waals surface area contributed by atoms with Gasteiger partial charge in [0.1, 0.15) is 0 Å². The van der Waals surface area contributed by atoms with Crippen LogP contribution in [0.3, 0.4) is 0 Å². The summed E-state index contributed by atoms with van der Waals surface area (Å²) < 4.78 is 0. The standard InChI is InChI=1S/C10H12ClN3S/c1-2-12-10(15)14-13-7-8-5-3-4-6-9(8)11/h3-7H,2H2,1H3,(H2,12,14,15)/b13-7+. The van der Waals surface area contributed by atoms with Crippen LogP contribution in [0.2, 0.25) is 5.02 Å². The Hall–Kier alpha value is -1.13. The minimum Gasteiger partial charge on any atom is -0.362 e. The normalized spacial score (nSPS) is 10.3. The first kappa shape index (κ1) is 11.9. The van der Waals surface area contributed by atoms with Gasteiger partial charge >= 0.3 is 0 Å². The van der Waals surface area contributed by atoms with E-state index in [0.717, 1.165) is 12.1 Å². The third kappa shape index (κ3) is 4.27. The van der Waals surface area contributed by atoms with Crippen molar-refractivity contribution in [1.82, 2.24) is 10.7 Å². The van der Waals surface area contributed by atoms with Crippen molar-refractivity contribution in [3.05, 3.63) is 34.9 Å². The molecule has 0 saturated carbocycles. The fraction of sp³-hybridized carbons (Fsp3) is 0.200. The number of rotatable bonds is 3. The Bertz CT molecular complexity index is 365. The summed E-state index contributed by atoms with van der Waals surface area (Å²) in [6.07, 6.45) is 1.63. The minimum absolute atomic E-state index is 0.501. The lowest BCUT2D eigenvalue weighted by atomic mass is 10.2. The molecule has 3 nitrogen and oxygen atoms in total. The second kappa shape index (κ2) is 6.37. The van der Waals surface area contributed by atoms with Crippen molar-refractivity contribution in [3.63, 3.8) is 0 Å². The fourth-order valence-electron chi connectivity index (χ4n) is 0.940. The largest absolute Gasteiger partial charge is 0.362 e. The molecule has 0 amide bonds. The van der Waals surface area contributed by atoms with Crippen LogP contribution >= 0.6 is 23.8 Å². The van der Waals surface area contributed by atoms with E-state index in [1.54, 1.807) is 6.21 Å². The molecular weight excluding hydrogens is 230 g/mol. The van der Waals surface area contributed by atoms with Gasteiger partial charge in [0.15, 0.2) is 5.11 Å². The number of halogens is 1. The number of hydrogen-bond donors (Lipinski definition) is 2. The summed E-state index contributed by atoms with van der Waals surface area (Å²) in [6.45, 7) is 2.74. The van der Waals surface area contributed by atoms with Gasteiger partial charge in [-0.2, -0.15) is 5.10 Å². The number of benzene rings is 1. The first-order valence-corrected chi connectivity index (χ1v) is 5.34. The van der Waals surface area contributed by atoms with Crippen LogP contribution in [0.5, 0.6) is 0 Å². The number of hydrazone groups is 1. The maximum atomic E-state index is 5.93. The van der Waals surface area contributed by atoms with Gasteiger partial charge in [0, 0.05) is 17.1 Å². The minimum atomic E-state index is 0.501. The highest BCUT2D eigenvalue weighted by Crippen LogP contribution is 2.11. The van der Waals surface area contributed by atoms with Gasteiger partial charge in [-0.25, -0.2) is 0 Å². The summed E-state index contributed by atoms with van der Waals surface area (Å²) in [5.74, 6) is 0. The molecule has 0 saturated heterocycles. The second-order valence-electron chi connectivity index (χ2n) is 2.75. The van der Waals surface area contributed by atoms with Gasteiger partial charge in [0.05, 0.1) is 6.21 Å². The summed E-state index contributed by atoms with van der Waals surface area (Å²) in [6, 6.07) is 7.46. The summed E-state index contributed by atoms with van der Waals surface area (Å²) in [5.41, 5.74) is 3.54. The maximum absolute atomic E-state index is 5.93. The van der Waals surface area contributed by atoms with E-state index in [1.165, 1.54) is 0 Å².